The second-order valence-corrected chi connectivity index (χ2v) is 4.45. The molecule has 2 nitrogen and oxygen atoms in total. The van der Waals surface area contributed by atoms with Crippen molar-refractivity contribution in [3.05, 3.63) is 30.3 Å². The van der Waals surface area contributed by atoms with Crippen LogP contribution in [0.25, 0.3) is 0 Å². The Morgan fingerprint density at radius 1 is 1.14 bits per heavy atom. The maximum Gasteiger partial charge on any atom is 0.119 e. The highest BCUT2D eigenvalue weighted by molar-refractivity contribution is 5.22. The molecular weight excluding hydrogens is 176 g/mol. The molecule has 14 heavy (non-hydrogen) atoms. The van der Waals surface area contributed by atoms with Gasteiger partial charge in [0.05, 0.1) is 13.2 Å². The molecule has 1 aliphatic carbocycles. The third-order valence-electron chi connectivity index (χ3n) is 3.18. The van der Waals surface area contributed by atoms with E-state index < -0.39 is 0 Å². The Kier molecular flexibility index (Phi) is 1.77. The van der Waals surface area contributed by atoms with Crippen molar-refractivity contribution in [1.29, 1.82) is 0 Å². The van der Waals surface area contributed by atoms with Gasteiger partial charge in [-0.3, -0.25) is 0 Å². The molecule has 0 radical (unpaired) electrons. The summed E-state index contributed by atoms with van der Waals surface area (Å²) in [5, 5.41) is 0. The highest BCUT2D eigenvalue weighted by atomic mass is 16.5. The standard InChI is InChI=1S/C12H14O2/c1-2-4-10(5-3-1)14-11-6-12(7-11)8-13-9-12/h1-5,11H,6-9H2. The fourth-order valence-corrected chi connectivity index (χ4v) is 2.31. The predicted octanol–water partition coefficient (Wildman–Crippen LogP) is 2.24. The van der Waals surface area contributed by atoms with Gasteiger partial charge in [-0.25, -0.2) is 0 Å². The van der Waals surface area contributed by atoms with Crippen molar-refractivity contribution in [2.45, 2.75) is 18.9 Å². The molecule has 3 rings (SSSR count). The van der Waals surface area contributed by atoms with E-state index in [9.17, 15) is 0 Å². The minimum absolute atomic E-state index is 0.418. The van der Waals surface area contributed by atoms with Gasteiger partial charge in [0.25, 0.3) is 0 Å². The lowest BCUT2D eigenvalue weighted by Crippen LogP contribution is -2.56. The van der Waals surface area contributed by atoms with Crippen LogP contribution in [-0.4, -0.2) is 19.3 Å². The van der Waals surface area contributed by atoms with Gasteiger partial charge in [0.15, 0.2) is 0 Å². The second-order valence-electron chi connectivity index (χ2n) is 4.45. The van der Waals surface area contributed by atoms with E-state index in [4.69, 9.17) is 9.47 Å². The van der Waals surface area contributed by atoms with Crippen molar-refractivity contribution in [3.8, 4) is 5.75 Å². The molecular formula is C12H14O2. The van der Waals surface area contributed by atoms with E-state index in [1.54, 1.807) is 0 Å². The monoisotopic (exact) mass is 190 g/mol. The SMILES string of the molecule is c1ccc(OC2CC3(COC3)C2)cc1. The van der Waals surface area contributed by atoms with E-state index in [0.29, 0.717) is 11.5 Å². The summed E-state index contributed by atoms with van der Waals surface area (Å²) in [6.07, 6.45) is 2.75. The van der Waals surface area contributed by atoms with Gasteiger partial charge in [-0.15, -0.1) is 0 Å². The molecule has 1 aromatic carbocycles. The molecule has 0 unspecified atom stereocenters. The fraction of sp³-hybridized carbons (Fsp3) is 0.500. The van der Waals surface area contributed by atoms with Crippen LogP contribution in [0.3, 0.4) is 0 Å². The van der Waals surface area contributed by atoms with Gasteiger partial charge in [-0.05, 0) is 25.0 Å². The Morgan fingerprint density at radius 2 is 1.86 bits per heavy atom. The van der Waals surface area contributed by atoms with E-state index in [1.807, 2.05) is 30.3 Å². The maximum atomic E-state index is 5.83. The van der Waals surface area contributed by atoms with Crippen LogP contribution in [0, 0.1) is 5.41 Å². The molecule has 0 amide bonds. The summed E-state index contributed by atoms with van der Waals surface area (Å²) in [5.74, 6) is 0.993. The zero-order valence-electron chi connectivity index (χ0n) is 8.11. The van der Waals surface area contributed by atoms with Crippen molar-refractivity contribution < 1.29 is 9.47 Å². The average molecular weight is 190 g/mol. The molecule has 1 aliphatic heterocycles. The van der Waals surface area contributed by atoms with Crippen molar-refractivity contribution in [1.82, 2.24) is 0 Å². The molecule has 1 aromatic rings. The number of para-hydroxylation sites is 1. The van der Waals surface area contributed by atoms with Crippen molar-refractivity contribution in [2.24, 2.45) is 5.41 Å². The third kappa shape index (κ3) is 1.30. The molecule has 0 atom stereocenters. The lowest BCUT2D eigenvalue weighted by atomic mass is 9.65. The fourth-order valence-electron chi connectivity index (χ4n) is 2.31. The molecule has 2 heteroatoms. The van der Waals surface area contributed by atoms with Gasteiger partial charge < -0.3 is 9.47 Å². The van der Waals surface area contributed by atoms with Crippen LogP contribution < -0.4 is 4.74 Å². The first-order valence-electron chi connectivity index (χ1n) is 5.16. The third-order valence-corrected chi connectivity index (χ3v) is 3.18. The van der Waals surface area contributed by atoms with Crippen molar-refractivity contribution >= 4 is 0 Å². The van der Waals surface area contributed by atoms with Gasteiger partial charge in [-0.1, -0.05) is 18.2 Å². The van der Waals surface area contributed by atoms with Crippen LogP contribution in [0.5, 0.6) is 5.75 Å². The van der Waals surface area contributed by atoms with E-state index >= 15 is 0 Å². The highest BCUT2D eigenvalue weighted by Crippen LogP contribution is 2.48. The van der Waals surface area contributed by atoms with E-state index in [2.05, 4.69) is 0 Å². The first-order valence-corrected chi connectivity index (χ1v) is 5.16. The highest BCUT2D eigenvalue weighted by Gasteiger charge is 2.50. The normalized spacial score (nSPS) is 24.0. The van der Waals surface area contributed by atoms with Gasteiger partial charge in [-0.2, -0.15) is 0 Å². The Hall–Kier alpha value is -1.02. The average Bonchev–Trinajstić information content (AvgIpc) is 2.09. The number of hydrogen-bond donors (Lipinski definition) is 0. The first kappa shape index (κ1) is 8.30. The van der Waals surface area contributed by atoms with Crippen LogP contribution in [0.15, 0.2) is 30.3 Å². The van der Waals surface area contributed by atoms with Crippen LogP contribution >= 0.6 is 0 Å². The Bertz CT molecular complexity index is 308. The minimum Gasteiger partial charge on any atom is -0.490 e. The van der Waals surface area contributed by atoms with Gasteiger partial charge in [0.2, 0.25) is 0 Å². The van der Waals surface area contributed by atoms with E-state index in [1.165, 1.54) is 12.8 Å². The van der Waals surface area contributed by atoms with Crippen LogP contribution in [0.4, 0.5) is 0 Å². The van der Waals surface area contributed by atoms with Gasteiger partial charge >= 0.3 is 0 Å². The van der Waals surface area contributed by atoms with E-state index in [-0.39, 0.29) is 0 Å². The molecule has 2 fully saturated rings. The van der Waals surface area contributed by atoms with Crippen LogP contribution in [-0.2, 0) is 4.74 Å². The lowest BCUT2D eigenvalue weighted by molar-refractivity contribution is -0.191. The molecule has 1 saturated carbocycles. The summed E-state index contributed by atoms with van der Waals surface area (Å²) in [4.78, 5) is 0. The molecule has 1 saturated heterocycles. The number of rotatable bonds is 2. The second kappa shape index (κ2) is 2.99. The van der Waals surface area contributed by atoms with Crippen LogP contribution in [0.2, 0.25) is 0 Å². The Morgan fingerprint density at radius 3 is 2.43 bits per heavy atom. The van der Waals surface area contributed by atoms with Gasteiger partial charge in [0, 0.05) is 5.41 Å². The van der Waals surface area contributed by atoms with Gasteiger partial charge in [0.1, 0.15) is 11.9 Å². The van der Waals surface area contributed by atoms with Crippen molar-refractivity contribution in [3.63, 3.8) is 0 Å². The summed E-state index contributed by atoms with van der Waals surface area (Å²) in [6, 6.07) is 10.1. The zero-order chi connectivity index (χ0) is 9.43. The molecule has 2 aliphatic rings. The summed E-state index contributed by atoms with van der Waals surface area (Å²) in [6.45, 7) is 1.89. The largest absolute Gasteiger partial charge is 0.490 e. The lowest BCUT2D eigenvalue weighted by Gasteiger charge is -2.52. The smallest absolute Gasteiger partial charge is 0.119 e. The summed E-state index contributed by atoms with van der Waals surface area (Å²) in [5.41, 5.74) is 0.499. The summed E-state index contributed by atoms with van der Waals surface area (Å²) >= 11 is 0. The molecule has 0 bridgehead atoms. The Balaban J connectivity index is 1.56. The van der Waals surface area contributed by atoms with Crippen molar-refractivity contribution in [2.75, 3.05) is 13.2 Å². The molecule has 74 valence electrons. The van der Waals surface area contributed by atoms with E-state index in [0.717, 1.165) is 19.0 Å². The predicted molar refractivity (Wildman–Crippen MR) is 53.3 cm³/mol. The molecule has 1 spiro atoms. The number of hydrogen-bond acceptors (Lipinski definition) is 2. The molecule has 1 heterocycles. The minimum atomic E-state index is 0.418. The number of benzene rings is 1. The number of ether oxygens (including phenoxy) is 2. The quantitative estimate of drug-likeness (QED) is 0.712. The summed E-state index contributed by atoms with van der Waals surface area (Å²) < 4.78 is 11.0. The topological polar surface area (TPSA) is 18.5 Å². The Labute approximate surface area is 83.8 Å². The zero-order valence-corrected chi connectivity index (χ0v) is 8.11. The maximum absolute atomic E-state index is 5.83. The molecule has 0 aromatic heterocycles. The first-order chi connectivity index (χ1) is 6.86. The molecule has 0 N–H and O–H groups in total. The van der Waals surface area contributed by atoms with Crippen LogP contribution in [0.1, 0.15) is 12.8 Å². The summed E-state index contributed by atoms with van der Waals surface area (Å²) in [7, 11) is 0.